The minimum atomic E-state index is 0. The smallest absolute Gasteiger partial charge is 0.0524 e. The van der Waals surface area contributed by atoms with Crippen LogP contribution >= 0.6 is 0 Å². The normalized spacial score (nSPS) is 7.67. The molecule has 0 aromatic carbocycles. The van der Waals surface area contributed by atoms with Gasteiger partial charge in [0, 0.05) is 19.4 Å². The molecule has 0 aliphatic rings. The third kappa shape index (κ3) is 2.10. The van der Waals surface area contributed by atoms with Crippen molar-refractivity contribution in [3.05, 3.63) is 24.5 Å². The van der Waals surface area contributed by atoms with E-state index in [2.05, 4.69) is 10.3 Å². The van der Waals surface area contributed by atoms with Crippen LogP contribution in [-0.4, -0.2) is 12.0 Å². The summed E-state index contributed by atoms with van der Waals surface area (Å²) < 4.78 is 0. The molecule has 0 radical (unpaired) electrons. The van der Waals surface area contributed by atoms with Crippen molar-refractivity contribution in [2.75, 3.05) is 12.4 Å². The fourth-order valence-corrected chi connectivity index (χ4v) is 0.511. The van der Waals surface area contributed by atoms with Crippen LogP contribution in [0.4, 0.5) is 5.69 Å². The molecule has 1 aromatic rings. The van der Waals surface area contributed by atoms with E-state index in [1.807, 2.05) is 19.2 Å². The summed E-state index contributed by atoms with van der Waals surface area (Å²) in [5.41, 5.74) is 1.05. The van der Waals surface area contributed by atoms with Crippen molar-refractivity contribution in [1.82, 2.24) is 11.1 Å². The first-order valence-corrected chi connectivity index (χ1v) is 2.51. The molecule has 1 rings (SSSR count). The van der Waals surface area contributed by atoms with E-state index >= 15 is 0 Å². The summed E-state index contributed by atoms with van der Waals surface area (Å²) in [7, 11) is 1.87. The minimum Gasteiger partial charge on any atom is -0.387 e. The van der Waals surface area contributed by atoms with Crippen LogP contribution in [0.15, 0.2) is 24.5 Å². The van der Waals surface area contributed by atoms with Crippen LogP contribution in [0.5, 0.6) is 0 Å². The zero-order valence-electron chi connectivity index (χ0n) is 5.46. The van der Waals surface area contributed by atoms with Crippen molar-refractivity contribution >= 4 is 5.69 Å². The number of nitrogens with one attached hydrogen (secondary N) is 1. The standard InChI is InChI=1S/C6H8N2.H3N/c1-7-6-3-2-4-8-5-6;/h2-5,7H,1H3;1H3. The van der Waals surface area contributed by atoms with Gasteiger partial charge >= 0.3 is 0 Å². The largest absolute Gasteiger partial charge is 0.387 e. The zero-order valence-corrected chi connectivity index (χ0v) is 5.46. The van der Waals surface area contributed by atoms with Crippen LogP contribution in [0.25, 0.3) is 0 Å². The van der Waals surface area contributed by atoms with Gasteiger partial charge in [0.25, 0.3) is 0 Å². The molecule has 0 atom stereocenters. The van der Waals surface area contributed by atoms with Crippen molar-refractivity contribution < 1.29 is 0 Å². The van der Waals surface area contributed by atoms with Gasteiger partial charge in [0.05, 0.1) is 5.69 Å². The summed E-state index contributed by atoms with van der Waals surface area (Å²) in [6, 6.07) is 3.86. The lowest BCUT2D eigenvalue weighted by Crippen LogP contribution is -1.86. The SMILES string of the molecule is CNc1cccnc1.N. The van der Waals surface area contributed by atoms with Gasteiger partial charge in [-0.1, -0.05) is 0 Å². The highest BCUT2D eigenvalue weighted by Crippen LogP contribution is 1.98. The maximum Gasteiger partial charge on any atom is 0.0524 e. The molecule has 50 valence electrons. The van der Waals surface area contributed by atoms with Gasteiger partial charge in [-0.2, -0.15) is 0 Å². The molecule has 1 aromatic heterocycles. The topological polar surface area (TPSA) is 59.9 Å². The highest BCUT2D eigenvalue weighted by atomic mass is 14.8. The fraction of sp³-hybridized carbons (Fsp3) is 0.167. The van der Waals surface area contributed by atoms with E-state index in [4.69, 9.17) is 0 Å². The Morgan fingerprint density at radius 3 is 2.67 bits per heavy atom. The van der Waals surface area contributed by atoms with Gasteiger partial charge < -0.3 is 11.5 Å². The Hall–Kier alpha value is -1.09. The molecule has 0 saturated carbocycles. The molecule has 0 bridgehead atoms. The number of pyridine rings is 1. The van der Waals surface area contributed by atoms with Crippen LogP contribution in [0.2, 0.25) is 0 Å². The van der Waals surface area contributed by atoms with Crippen LogP contribution in [-0.2, 0) is 0 Å². The molecule has 0 spiro atoms. The number of nitrogens with zero attached hydrogens (tertiary/aromatic N) is 1. The van der Waals surface area contributed by atoms with Gasteiger partial charge in [-0.3, -0.25) is 4.98 Å². The molecular weight excluding hydrogens is 114 g/mol. The lowest BCUT2D eigenvalue weighted by molar-refractivity contribution is 1.31. The number of rotatable bonds is 1. The second-order valence-corrected chi connectivity index (χ2v) is 1.49. The Labute approximate surface area is 54.7 Å². The van der Waals surface area contributed by atoms with Gasteiger partial charge in [-0.05, 0) is 12.1 Å². The average molecular weight is 125 g/mol. The highest BCUT2D eigenvalue weighted by molar-refractivity contribution is 5.38. The monoisotopic (exact) mass is 125 g/mol. The van der Waals surface area contributed by atoms with Crippen LogP contribution in [0.3, 0.4) is 0 Å². The van der Waals surface area contributed by atoms with Crippen LogP contribution < -0.4 is 11.5 Å². The van der Waals surface area contributed by atoms with Gasteiger partial charge in [0.15, 0.2) is 0 Å². The summed E-state index contributed by atoms with van der Waals surface area (Å²) in [5.74, 6) is 0. The average Bonchev–Trinajstić information content (AvgIpc) is 1.90. The van der Waals surface area contributed by atoms with E-state index in [-0.39, 0.29) is 6.15 Å². The summed E-state index contributed by atoms with van der Waals surface area (Å²) in [6.45, 7) is 0. The first-order valence-electron chi connectivity index (χ1n) is 2.51. The Kier molecular flexibility index (Phi) is 3.39. The molecule has 0 fully saturated rings. The van der Waals surface area contributed by atoms with E-state index in [1.165, 1.54) is 0 Å². The molecule has 0 amide bonds. The zero-order chi connectivity index (χ0) is 5.82. The molecule has 3 nitrogen and oxygen atoms in total. The van der Waals surface area contributed by atoms with E-state index in [9.17, 15) is 0 Å². The van der Waals surface area contributed by atoms with Gasteiger partial charge in [0.1, 0.15) is 0 Å². The number of aromatic nitrogens is 1. The quantitative estimate of drug-likeness (QED) is 0.594. The van der Waals surface area contributed by atoms with E-state index < -0.39 is 0 Å². The molecule has 0 unspecified atom stereocenters. The van der Waals surface area contributed by atoms with E-state index in [0.29, 0.717) is 0 Å². The minimum absolute atomic E-state index is 0. The van der Waals surface area contributed by atoms with Crippen LogP contribution in [0.1, 0.15) is 0 Å². The van der Waals surface area contributed by atoms with Crippen molar-refractivity contribution in [3.63, 3.8) is 0 Å². The third-order valence-electron chi connectivity index (χ3n) is 0.950. The first kappa shape index (κ1) is 7.91. The second-order valence-electron chi connectivity index (χ2n) is 1.49. The Morgan fingerprint density at radius 2 is 2.33 bits per heavy atom. The molecule has 4 N–H and O–H groups in total. The summed E-state index contributed by atoms with van der Waals surface area (Å²) >= 11 is 0. The Bertz CT molecular complexity index is 150. The lowest BCUT2D eigenvalue weighted by atomic mass is 10.4. The van der Waals surface area contributed by atoms with E-state index in [1.54, 1.807) is 12.4 Å². The molecule has 0 saturated heterocycles. The first-order chi connectivity index (χ1) is 3.93. The summed E-state index contributed by atoms with van der Waals surface area (Å²) in [5, 5.41) is 2.96. The molecule has 9 heavy (non-hydrogen) atoms. The second kappa shape index (κ2) is 3.86. The predicted molar refractivity (Wildman–Crippen MR) is 38.8 cm³/mol. The number of hydrogen-bond acceptors (Lipinski definition) is 3. The third-order valence-corrected chi connectivity index (χ3v) is 0.950. The van der Waals surface area contributed by atoms with Gasteiger partial charge in [-0.25, -0.2) is 0 Å². The van der Waals surface area contributed by atoms with Gasteiger partial charge in [0.2, 0.25) is 0 Å². The number of hydrogen-bond donors (Lipinski definition) is 2. The van der Waals surface area contributed by atoms with Gasteiger partial charge in [-0.15, -0.1) is 0 Å². The molecule has 0 aliphatic carbocycles. The molecule has 0 aliphatic heterocycles. The molecular formula is C6H11N3. The van der Waals surface area contributed by atoms with Crippen molar-refractivity contribution in [3.8, 4) is 0 Å². The Morgan fingerprint density at radius 1 is 1.56 bits per heavy atom. The van der Waals surface area contributed by atoms with Crippen molar-refractivity contribution in [2.45, 2.75) is 0 Å². The predicted octanol–water partition coefficient (Wildman–Crippen LogP) is 1.29. The summed E-state index contributed by atoms with van der Waals surface area (Å²) in [6.07, 6.45) is 3.53. The maximum absolute atomic E-state index is 3.89. The molecule has 1 heterocycles. The lowest BCUT2D eigenvalue weighted by Gasteiger charge is -1.93. The van der Waals surface area contributed by atoms with Crippen molar-refractivity contribution in [1.29, 1.82) is 0 Å². The summed E-state index contributed by atoms with van der Waals surface area (Å²) in [4.78, 5) is 3.89. The fourth-order valence-electron chi connectivity index (χ4n) is 0.511. The Balaban J connectivity index is 0.000000640. The molecule has 3 heteroatoms. The van der Waals surface area contributed by atoms with Crippen LogP contribution in [0, 0.1) is 0 Å². The maximum atomic E-state index is 3.89. The highest BCUT2D eigenvalue weighted by Gasteiger charge is 1.79. The van der Waals surface area contributed by atoms with E-state index in [0.717, 1.165) is 5.69 Å². The van der Waals surface area contributed by atoms with Crippen molar-refractivity contribution in [2.24, 2.45) is 0 Å². The number of anilines is 1.